The Kier molecular flexibility index (Phi) is 3.54. The molecule has 0 aromatic heterocycles. The van der Waals surface area contributed by atoms with Gasteiger partial charge in [0.25, 0.3) is 0 Å². The van der Waals surface area contributed by atoms with Gasteiger partial charge in [0.15, 0.2) is 0 Å². The topological polar surface area (TPSA) is 0 Å². The summed E-state index contributed by atoms with van der Waals surface area (Å²) in [4.78, 5) is 0. The van der Waals surface area contributed by atoms with E-state index in [9.17, 15) is 0 Å². The summed E-state index contributed by atoms with van der Waals surface area (Å²) >= 11 is -4.04. The van der Waals surface area contributed by atoms with Gasteiger partial charge in [-0.05, 0) is 0 Å². The first-order chi connectivity index (χ1) is 9.12. The van der Waals surface area contributed by atoms with Crippen LogP contribution in [0.1, 0.15) is 12.8 Å². The molecule has 0 heterocycles. The minimum absolute atomic E-state index is 0.935. The van der Waals surface area contributed by atoms with Crippen LogP contribution in [0.3, 0.4) is 0 Å². The quantitative estimate of drug-likeness (QED) is 0.737. The van der Waals surface area contributed by atoms with Crippen molar-refractivity contribution in [1.82, 2.24) is 0 Å². The second kappa shape index (κ2) is 4.91. The monoisotopic (exact) mass is 365 g/mol. The predicted octanol–water partition coefficient (Wildman–Crippen LogP) is 4.69. The van der Waals surface area contributed by atoms with E-state index in [0.717, 1.165) is 12.8 Å². The van der Waals surface area contributed by atoms with E-state index >= 15 is 0 Å². The molecule has 19 heavy (non-hydrogen) atoms. The summed E-state index contributed by atoms with van der Waals surface area (Å²) in [6.07, 6.45) is 14.8. The number of halogens is 1. The minimum atomic E-state index is -4.04. The predicted molar refractivity (Wildman–Crippen MR) is 84.6 cm³/mol. The zero-order valence-corrected chi connectivity index (χ0v) is 14.7. The summed E-state index contributed by atoms with van der Waals surface area (Å²) in [5.74, 6) is 0. The molecule has 3 rings (SSSR count). The molecule has 0 saturated heterocycles. The standard InChI is InChI=1S/C6H5.2C5H5.ClH.H2S.Zr/c1-2-4-6-5-3-1;2*1-2-4-5-3-1;;;/h1-5H;2*1-3H,4H2;1H;1H2;/q;;;;;+2/p-2. The molecule has 1 aromatic rings. The Hall–Kier alpha value is -0.297. The molecule has 0 N–H and O–H groups in total. The zero-order valence-electron chi connectivity index (χ0n) is 10.6. The van der Waals surface area contributed by atoms with E-state index in [0.29, 0.717) is 0 Å². The van der Waals surface area contributed by atoms with Crippen LogP contribution in [-0.2, 0) is 16.1 Å². The number of rotatable bonds is 3. The van der Waals surface area contributed by atoms with Crippen LogP contribution in [0.2, 0.25) is 0 Å². The van der Waals surface area contributed by atoms with E-state index in [1.165, 1.54) is 9.83 Å². The van der Waals surface area contributed by atoms with Crippen molar-refractivity contribution in [3.63, 3.8) is 0 Å². The molecule has 0 unspecified atom stereocenters. The molecule has 0 bridgehead atoms. The fourth-order valence-electron chi connectivity index (χ4n) is 2.89. The van der Waals surface area contributed by atoms with Crippen LogP contribution in [0.5, 0.6) is 0 Å². The Labute approximate surface area is 122 Å². The molecule has 0 amide bonds. The van der Waals surface area contributed by atoms with E-state index < -0.39 is 16.1 Å². The van der Waals surface area contributed by atoms with Gasteiger partial charge in [-0.3, -0.25) is 0 Å². The first kappa shape index (κ1) is 13.7. The fraction of sp³-hybridized carbons (Fsp3) is 0.125. The summed E-state index contributed by atoms with van der Waals surface area (Å²) in [6.45, 7) is 0. The van der Waals surface area contributed by atoms with Gasteiger partial charge in [0.1, 0.15) is 0 Å². The van der Waals surface area contributed by atoms with E-state index in [4.69, 9.17) is 17.9 Å². The van der Waals surface area contributed by atoms with Gasteiger partial charge < -0.3 is 0 Å². The molecule has 3 heteroatoms. The molecule has 0 radical (unpaired) electrons. The molecule has 2 aliphatic carbocycles. The summed E-state index contributed by atoms with van der Waals surface area (Å²) in [6, 6.07) is 10.4. The van der Waals surface area contributed by atoms with Crippen LogP contribution in [0.25, 0.3) is 0 Å². The van der Waals surface area contributed by atoms with Gasteiger partial charge in [0.2, 0.25) is 0 Å². The average Bonchev–Trinajstić information content (AvgIpc) is 3.14. The van der Waals surface area contributed by atoms with Crippen molar-refractivity contribution in [3.05, 3.63) is 73.3 Å². The molecule has 0 aliphatic heterocycles. The summed E-state index contributed by atoms with van der Waals surface area (Å²) in [5.41, 5.74) is 0. The van der Waals surface area contributed by atoms with Gasteiger partial charge in [-0.1, -0.05) is 0 Å². The Bertz CT molecular complexity index is 589. The van der Waals surface area contributed by atoms with Crippen LogP contribution in [0, 0.1) is 0 Å². The van der Waals surface area contributed by atoms with Crippen molar-refractivity contribution in [2.24, 2.45) is 0 Å². The van der Waals surface area contributed by atoms with Crippen LogP contribution >= 0.6 is 17.9 Å². The van der Waals surface area contributed by atoms with E-state index in [2.05, 4.69) is 60.7 Å². The van der Waals surface area contributed by atoms with Gasteiger partial charge in [0, 0.05) is 0 Å². The molecule has 0 atom stereocenters. The molecule has 0 nitrogen and oxygen atoms in total. The maximum absolute atomic E-state index is 7.39. The molecular formula is C16H16ClSZr. The second-order valence-electron chi connectivity index (χ2n) is 5.09. The van der Waals surface area contributed by atoms with E-state index in [-0.39, 0.29) is 0 Å². The van der Waals surface area contributed by atoms with Crippen molar-refractivity contribution in [1.29, 1.82) is 0 Å². The van der Waals surface area contributed by atoms with Gasteiger partial charge in [-0.15, -0.1) is 0 Å². The van der Waals surface area contributed by atoms with Crippen molar-refractivity contribution in [3.8, 4) is 0 Å². The third kappa shape index (κ3) is 2.09. The normalized spacial score (nSPS) is 20.0. The molecule has 2 aliphatic rings. The zero-order chi connectivity index (χ0) is 13.4. The molecule has 0 fully saturated rings. The van der Waals surface area contributed by atoms with Crippen molar-refractivity contribution in [2.75, 3.05) is 0 Å². The van der Waals surface area contributed by atoms with E-state index in [1.807, 2.05) is 6.07 Å². The first-order valence-corrected chi connectivity index (χ1v) is 17.1. The van der Waals surface area contributed by atoms with Crippen molar-refractivity contribution in [2.45, 2.75) is 12.8 Å². The van der Waals surface area contributed by atoms with Crippen molar-refractivity contribution < 1.29 is 16.1 Å². The number of hydrogen-bond acceptors (Lipinski definition) is 1. The molecule has 1 aromatic carbocycles. The van der Waals surface area contributed by atoms with Gasteiger partial charge in [-0.25, -0.2) is 0 Å². The third-order valence-corrected chi connectivity index (χ3v) is 24.1. The average molecular weight is 367 g/mol. The molecule has 0 saturated carbocycles. The summed E-state index contributed by atoms with van der Waals surface area (Å²) < 4.78 is 3.87. The number of hydrogen-bond donors (Lipinski definition) is 1. The maximum atomic E-state index is 7.39. The Balaban J connectivity index is 2.21. The molecule has 97 valence electrons. The van der Waals surface area contributed by atoms with Crippen LogP contribution in [-0.4, -0.2) is 0 Å². The first-order valence-electron chi connectivity index (χ1n) is 6.51. The number of benzene rings is 1. The van der Waals surface area contributed by atoms with E-state index in [1.54, 1.807) is 0 Å². The molecule has 0 spiro atoms. The second-order valence-corrected chi connectivity index (χ2v) is 26.3. The third-order valence-electron chi connectivity index (χ3n) is 4.02. The van der Waals surface area contributed by atoms with Crippen LogP contribution in [0.15, 0.2) is 73.3 Å². The van der Waals surface area contributed by atoms with Crippen molar-refractivity contribution >= 4 is 21.2 Å². The Morgan fingerprint density at radius 2 is 1.42 bits per heavy atom. The Morgan fingerprint density at radius 1 is 0.895 bits per heavy atom. The fourth-order valence-corrected chi connectivity index (χ4v) is 17.3. The summed E-state index contributed by atoms with van der Waals surface area (Å²) in [7, 11) is 12.6. The SMILES string of the molecule is [SH][Zr]([Cl])([C]1=CC=CC1)([C]1=CC=CC1)[c]1ccccc1. The van der Waals surface area contributed by atoms with Crippen LogP contribution < -0.4 is 3.27 Å². The summed E-state index contributed by atoms with van der Waals surface area (Å²) in [5, 5.41) is 0. The van der Waals surface area contributed by atoms with Gasteiger partial charge >= 0.3 is 123 Å². The number of allylic oxidation sites excluding steroid dienone is 8. The van der Waals surface area contributed by atoms with Crippen LogP contribution in [0.4, 0.5) is 0 Å². The van der Waals surface area contributed by atoms with Gasteiger partial charge in [-0.2, -0.15) is 0 Å². The number of thiol groups is 1. The van der Waals surface area contributed by atoms with Gasteiger partial charge in [0.05, 0.1) is 0 Å². The molecular weight excluding hydrogens is 351 g/mol. The Morgan fingerprint density at radius 3 is 1.84 bits per heavy atom.